The molecule has 1 aliphatic heterocycles. The lowest BCUT2D eigenvalue weighted by atomic mass is 9.92. The van der Waals surface area contributed by atoms with Crippen LogP contribution in [0.3, 0.4) is 0 Å². The highest BCUT2D eigenvalue weighted by atomic mass is 15.2. The van der Waals surface area contributed by atoms with Crippen LogP contribution in [0.1, 0.15) is 52.1 Å². The molecule has 3 atom stereocenters. The molecule has 0 bridgehead atoms. The number of hydrogen-bond acceptors (Lipinski definition) is 2. The maximum atomic E-state index is 3.54. The average molecular weight is 260 g/mol. The molecule has 0 aromatic heterocycles. The van der Waals surface area contributed by atoms with Crippen LogP contribution in [0, 0.1) is 5.92 Å². The van der Waals surface area contributed by atoms with E-state index < -0.39 is 0 Å². The molecule has 3 unspecified atom stereocenters. The summed E-state index contributed by atoms with van der Waals surface area (Å²) in [5.41, 5.74) is 2.86. The van der Waals surface area contributed by atoms with Crippen molar-refractivity contribution in [3.63, 3.8) is 0 Å². The van der Waals surface area contributed by atoms with Gasteiger partial charge in [-0.05, 0) is 50.8 Å². The summed E-state index contributed by atoms with van der Waals surface area (Å²) >= 11 is 0. The Kier molecular flexibility index (Phi) is 4.87. The first-order valence-corrected chi connectivity index (χ1v) is 7.72. The number of para-hydroxylation sites is 1. The first-order valence-electron chi connectivity index (χ1n) is 7.72. The number of nitrogens with zero attached hydrogens (tertiary/aromatic N) is 1. The Balaban J connectivity index is 2.24. The van der Waals surface area contributed by atoms with E-state index in [1.165, 1.54) is 30.6 Å². The molecule has 106 valence electrons. The van der Waals surface area contributed by atoms with Gasteiger partial charge in [-0.1, -0.05) is 32.0 Å². The highest BCUT2D eigenvalue weighted by Crippen LogP contribution is 2.32. The fourth-order valence-corrected chi connectivity index (χ4v) is 3.30. The van der Waals surface area contributed by atoms with Gasteiger partial charge >= 0.3 is 0 Å². The van der Waals surface area contributed by atoms with Gasteiger partial charge < -0.3 is 10.2 Å². The van der Waals surface area contributed by atoms with Gasteiger partial charge in [0.05, 0.1) is 0 Å². The molecule has 1 aromatic rings. The number of anilines is 1. The maximum Gasteiger partial charge on any atom is 0.0417 e. The lowest BCUT2D eigenvalue weighted by Gasteiger charge is -2.40. The molecule has 0 radical (unpaired) electrons. The molecule has 1 fully saturated rings. The molecule has 0 aliphatic carbocycles. The molecule has 0 amide bonds. The fourth-order valence-electron chi connectivity index (χ4n) is 3.30. The summed E-state index contributed by atoms with van der Waals surface area (Å²) in [4.78, 5) is 2.60. The second kappa shape index (κ2) is 6.42. The Bertz CT molecular complexity index is 402. The van der Waals surface area contributed by atoms with Crippen molar-refractivity contribution in [2.75, 3.05) is 18.0 Å². The number of rotatable bonds is 4. The summed E-state index contributed by atoms with van der Waals surface area (Å²) in [6, 6.07) is 9.96. The zero-order valence-electron chi connectivity index (χ0n) is 12.8. The summed E-state index contributed by atoms with van der Waals surface area (Å²) in [5.74, 6) is 0.865. The van der Waals surface area contributed by atoms with Crippen LogP contribution in [0.4, 0.5) is 5.69 Å². The third-order valence-electron chi connectivity index (χ3n) is 4.36. The van der Waals surface area contributed by atoms with Gasteiger partial charge in [0.15, 0.2) is 0 Å². The third kappa shape index (κ3) is 3.30. The molecule has 1 aliphatic rings. The van der Waals surface area contributed by atoms with Crippen LogP contribution in [-0.4, -0.2) is 19.1 Å². The first kappa shape index (κ1) is 14.4. The fraction of sp³-hybridized carbons (Fsp3) is 0.647. The highest BCUT2D eigenvalue weighted by Gasteiger charge is 2.25. The second-order valence-corrected chi connectivity index (χ2v) is 6.01. The standard InChI is InChI=1S/C17H28N2/c1-5-18-15(4)16-8-6-7-9-17(16)19-11-10-13(2)12-14(19)3/h6-9,13-15,18H,5,10-12H2,1-4H3. The van der Waals surface area contributed by atoms with Crippen molar-refractivity contribution in [3.8, 4) is 0 Å². The number of benzene rings is 1. The van der Waals surface area contributed by atoms with E-state index in [4.69, 9.17) is 0 Å². The molecular weight excluding hydrogens is 232 g/mol. The van der Waals surface area contributed by atoms with Crippen LogP contribution in [0.5, 0.6) is 0 Å². The molecule has 1 saturated heterocycles. The number of piperidine rings is 1. The Morgan fingerprint density at radius 1 is 1.32 bits per heavy atom. The summed E-state index contributed by atoms with van der Waals surface area (Å²) in [7, 11) is 0. The molecule has 2 nitrogen and oxygen atoms in total. The van der Waals surface area contributed by atoms with E-state index in [-0.39, 0.29) is 0 Å². The van der Waals surface area contributed by atoms with Gasteiger partial charge in [0.1, 0.15) is 0 Å². The van der Waals surface area contributed by atoms with Gasteiger partial charge in [-0.3, -0.25) is 0 Å². The van der Waals surface area contributed by atoms with Crippen LogP contribution < -0.4 is 10.2 Å². The normalized spacial score (nSPS) is 25.4. The molecule has 1 aromatic carbocycles. The van der Waals surface area contributed by atoms with Crippen molar-refractivity contribution in [1.29, 1.82) is 0 Å². The van der Waals surface area contributed by atoms with Gasteiger partial charge in [-0.2, -0.15) is 0 Å². The lowest BCUT2D eigenvalue weighted by Crippen LogP contribution is -2.41. The van der Waals surface area contributed by atoms with Crippen LogP contribution in [0.2, 0.25) is 0 Å². The summed E-state index contributed by atoms with van der Waals surface area (Å²) < 4.78 is 0. The van der Waals surface area contributed by atoms with E-state index >= 15 is 0 Å². The second-order valence-electron chi connectivity index (χ2n) is 6.01. The predicted octanol–water partition coefficient (Wildman–Crippen LogP) is 3.98. The SMILES string of the molecule is CCNC(C)c1ccccc1N1CCC(C)CC1C. The van der Waals surface area contributed by atoms with Crippen molar-refractivity contribution in [2.45, 2.75) is 52.6 Å². The monoisotopic (exact) mass is 260 g/mol. The van der Waals surface area contributed by atoms with Crippen molar-refractivity contribution in [3.05, 3.63) is 29.8 Å². The summed E-state index contributed by atoms with van der Waals surface area (Å²) in [6.45, 7) is 11.4. The summed E-state index contributed by atoms with van der Waals surface area (Å²) in [5, 5.41) is 3.54. The Hall–Kier alpha value is -1.02. The van der Waals surface area contributed by atoms with E-state index in [0.29, 0.717) is 12.1 Å². The number of hydrogen-bond donors (Lipinski definition) is 1. The largest absolute Gasteiger partial charge is 0.369 e. The van der Waals surface area contributed by atoms with Crippen molar-refractivity contribution in [2.24, 2.45) is 5.92 Å². The van der Waals surface area contributed by atoms with E-state index in [1.54, 1.807) is 0 Å². The van der Waals surface area contributed by atoms with Gasteiger partial charge in [0, 0.05) is 24.3 Å². The Morgan fingerprint density at radius 2 is 2.05 bits per heavy atom. The smallest absolute Gasteiger partial charge is 0.0417 e. The predicted molar refractivity (Wildman–Crippen MR) is 83.7 cm³/mol. The lowest BCUT2D eigenvalue weighted by molar-refractivity contribution is 0.376. The van der Waals surface area contributed by atoms with E-state index in [9.17, 15) is 0 Å². The van der Waals surface area contributed by atoms with E-state index in [2.05, 4.69) is 62.2 Å². The molecule has 2 rings (SSSR count). The van der Waals surface area contributed by atoms with Gasteiger partial charge in [-0.25, -0.2) is 0 Å². The minimum Gasteiger partial charge on any atom is -0.369 e. The molecule has 1 heterocycles. The van der Waals surface area contributed by atoms with Gasteiger partial charge in [0.2, 0.25) is 0 Å². The molecule has 0 saturated carbocycles. The van der Waals surface area contributed by atoms with Crippen LogP contribution in [-0.2, 0) is 0 Å². The van der Waals surface area contributed by atoms with E-state index in [1.807, 2.05) is 0 Å². The van der Waals surface area contributed by atoms with Gasteiger partial charge in [0.25, 0.3) is 0 Å². The van der Waals surface area contributed by atoms with Crippen LogP contribution in [0.25, 0.3) is 0 Å². The maximum absolute atomic E-state index is 3.54. The van der Waals surface area contributed by atoms with Crippen molar-refractivity contribution >= 4 is 5.69 Å². The van der Waals surface area contributed by atoms with Gasteiger partial charge in [-0.15, -0.1) is 0 Å². The first-order chi connectivity index (χ1) is 9.13. The minimum absolute atomic E-state index is 0.424. The average Bonchev–Trinajstić information content (AvgIpc) is 2.39. The minimum atomic E-state index is 0.424. The van der Waals surface area contributed by atoms with Crippen molar-refractivity contribution < 1.29 is 0 Å². The zero-order chi connectivity index (χ0) is 13.8. The highest BCUT2D eigenvalue weighted by molar-refractivity contribution is 5.56. The zero-order valence-corrected chi connectivity index (χ0v) is 12.8. The summed E-state index contributed by atoms with van der Waals surface area (Å²) in [6.07, 6.45) is 2.62. The topological polar surface area (TPSA) is 15.3 Å². The van der Waals surface area contributed by atoms with E-state index in [0.717, 1.165) is 12.5 Å². The van der Waals surface area contributed by atoms with Crippen molar-refractivity contribution in [1.82, 2.24) is 5.32 Å². The Morgan fingerprint density at radius 3 is 2.74 bits per heavy atom. The third-order valence-corrected chi connectivity index (χ3v) is 4.36. The van der Waals surface area contributed by atoms with Crippen LogP contribution >= 0.6 is 0 Å². The Labute approximate surface area is 118 Å². The molecule has 2 heteroatoms. The molecule has 19 heavy (non-hydrogen) atoms. The molecule has 1 N–H and O–H groups in total. The van der Waals surface area contributed by atoms with Crippen LogP contribution in [0.15, 0.2) is 24.3 Å². The molecular formula is C17H28N2. The quantitative estimate of drug-likeness (QED) is 0.881. The molecule has 0 spiro atoms. The number of nitrogens with one attached hydrogen (secondary N) is 1.